The van der Waals surface area contributed by atoms with Gasteiger partial charge in [-0.2, -0.15) is 0 Å². The Hall–Kier alpha value is -1.51. The van der Waals surface area contributed by atoms with Crippen LogP contribution in [0.4, 0.5) is 0 Å². The molecule has 0 unspecified atom stereocenters. The van der Waals surface area contributed by atoms with Crippen LogP contribution in [0, 0.1) is 0 Å². The summed E-state index contributed by atoms with van der Waals surface area (Å²) < 4.78 is 10.9. The Kier molecular flexibility index (Phi) is 11.9. The Labute approximate surface area is 147 Å². The van der Waals surface area contributed by atoms with Crippen molar-refractivity contribution in [2.45, 2.75) is 84.5 Å². The molecule has 0 bridgehead atoms. The lowest BCUT2D eigenvalue weighted by Crippen LogP contribution is -2.05. The van der Waals surface area contributed by atoms with Gasteiger partial charge in [-0.25, -0.2) is 0 Å². The molecule has 0 saturated carbocycles. The van der Waals surface area contributed by atoms with E-state index in [1.54, 1.807) is 19.1 Å². The van der Waals surface area contributed by atoms with Crippen molar-refractivity contribution in [3.05, 3.63) is 24.3 Å². The molecule has 3 heteroatoms. The fourth-order valence-electron chi connectivity index (χ4n) is 2.61. The molecule has 0 saturated heterocycles. The quantitative estimate of drug-likeness (QED) is 0.227. The van der Waals surface area contributed by atoms with E-state index in [-0.39, 0.29) is 5.97 Å². The number of benzene rings is 1. The molecule has 24 heavy (non-hydrogen) atoms. The summed E-state index contributed by atoms with van der Waals surface area (Å²) in [5.74, 6) is 1.11. The third-order valence-electron chi connectivity index (χ3n) is 4.09. The van der Waals surface area contributed by atoms with Crippen LogP contribution in [0.3, 0.4) is 0 Å². The first-order valence-electron chi connectivity index (χ1n) is 9.69. The molecule has 0 N–H and O–H groups in total. The van der Waals surface area contributed by atoms with Gasteiger partial charge in [-0.05, 0) is 18.6 Å². The Morgan fingerprint density at radius 2 is 1.42 bits per heavy atom. The molecule has 0 atom stereocenters. The molecule has 0 amide bonds. The van der Waals surface area contributed by atoms with Gasteiger partial charge in [-0.1, -0.05) is 77.7 Å². The summed E-state index contributed by atoms with van der Waals surface area (Å²) >= 11 is 0. The van der Waals surface area contributed by atoms with Gasteiger partial charge in [0.15, 0.2) is 0 Å². The molecule has 0 fully saturated rings. The Morgan fingerprint density at radius 3 is 2.04 bits per heavy atom. The first-order chi connectivity index (χ1) is 11.8. The van der Waals surface area contributed by atoms with E-state index in [1.807, 2.05) is 12.1 Å². The summed E-state index contributed by atoms with van der Waals surface area (Å²) in [6, 6.07) is 7.32. The SMILES string of the molecule is CCCCCCCCCCCCOc1cccc(OC(=O)CC)c1. The van der Waals surface area contributed by atoms with Crippen molar-refractivity contribution in [1.29, 1.82) is 0 Å². The molecular weight excluding hydrogens is 300 g/mol. The number of esters is 1. The van der Waals surface area contributed by atoms with Crippen LogP contribution in [0.2, 0.25) is 0 Å². The average Bonchev–Trinajstić information content (AvgIpc) is 2.60. The number of unbranched alkanes of at least 4 members (excludes halogenated alkanes) is 9. The maximum atomic E-state index is 11.3. The van der Waals surface area contributed by atoms with Crippen LogP contribution in [0.15, 0.2) is 24.3 Å². The number of hydrogen-bond acceptors (Lipinski definition) is 3. The molecule has 0 heterocycles. The van der Waals surface area contributed by atoms with Crippen LogP contribution in [-0.4, -0.2) is 12.6 Å². The van der Waals surface area contributed by atoms with Crippen LogP contribution in [-0.2, 0) is 4.79 Å². The van der Waals surface area contributed by atoms with E-state index in [1.165, 1.54) is 57.8 Å². The molecule has 0 radical (unpaired) electrons. The van der Waals surface area contributed by atoms with Gasteiger partial charge in [0.1, 0.15) is 11.5 Å². The minimum atomic E-state index is -0.221. The average molecular weight is 335 g/mol. The zero-order valence-corrected chi connectivity index (χ0v) is 15.5. The second-order valence-electron chi connectivity index (χ2n) is 6.33. The standard InChI is InChI=1S/C21H34O3/c1-3-5-6-7-8-9-10-11-12-13-17-23-19-15-14-16-20(18-19)24-21(22)4-2/h14-16,18H,3-13,17H2,1-2H3. The molecule has 1 aromatic carbocycles. The van der Waals surface area contributed by atoms with Crippen molar-refractivity contribution in [3.63, 3.8) is 0 Å². The van der Waals surface area contributed by atoms with E-state index < -0.39 is 0 Å². The van der Waals surface area contributed by atoms with Gasteiger partial charge in [-0.15, -0.1) is 0 Å². The molecule has 1 rings (SSSR count). The fraction of sp³-hybridized carbons (Fsp3) is 0.667. The zero-order valence-electron chi connectivity index (χ0n) is 15.5. The molecule has 0 aliphatic carbocycles. The minimum absolute atomic E-state index is 0.221. The second kappa shape index (κ2) is 13.9. The molecule has 0 aliphatic rings. The summed E-state index contributed by atoms with van der Waals surface area (Å²) in [5, 5.41) is 0. The van der Waals surface area contributed by atoms with Gasteiger partial charge < -0.3 is 9.47 Å². The molecular formula is C21H34O3. The third-order valence-corrected chi connectivity index (χ3v) is 4.09. The summed E-state index contributed by atoms with van der Waals surface area (Å²) in [7, 11) is 0. The van der Waals surface area contributed by atoms with Crippen molar-refractivity contribution < 1.29 is 14.3 Å². The zero-order chi connectivity index (χ0) is 17.5. The smallest absolute Gasteiger partial charge is 0.310 e. The van der Waals surface area contributed by atoms with Crippen molar-refractivity contribution in [2.24, 2.45) is 0 Å². The van der Waals surface area contributed by atoms with Crippen LogP contribution in [0.1, 0.15) is 84.5 Å². The van der Waals surface area contributed by atoms with E-state index in [0.717, 1.165) is 18.8 Å². The number of carbonyl (C=O) groups is 1. The molecule has 0 aliphatic heterocycles. The highest BCUT2D eigenvalue weighted by molar-refractivity contribution is 5.72. The van der Waals surface area contributed by atoms with Crippen LogP contribution in [0.25, 0.3) is 0 Å². The predicted octanol–water partition coefficient (Wildman–Crippen LogP) is 6.30. The Balaban J connectivity index is 2.03. The highest BCUT2D eigenvalue weighted by atomic mass is 16.5. The maximum Gasteiger partial charge on any atom is 0.310 e. The van der Waals surface area contributed by atoms with E-state index >= 15 is 0 Å². The third kappa shape index (κ3) is 10.3. The van der Waals surface area contributed by atoms with Gasteiger partial charge in [-0.3, -0.25) is 4.79 Å². The lowest BCUT2D eigenvalue weighted by atomic mass is 10.1. The first kappa shape index (κ1) is 20.5. The Morgan fingerprint density at radius 1 is 0.833 bits per heavy atom. The molecule has 3 nitrogen and oxygen atoms in total. The van der Waals surface area contributed by atoms with Crippen molar-refractivity contribution >= 4 is 5.97 Å². The van der Waals surface area contributed by atoms with Crippen molar-refractivity contribution in [1.82, 2.24) is 0 Å². The van der Waals surface area contributed by atoms with E-state index in [0.29, 0.717) is 12.2 Å². The van der Waals surface area contributed by atoms with Gasteiger partial charge in [0.2, 0.25) is 0 Å². The number of rotatable bonds is 14. The summed E-state index contributed by atoms with van der Waals surface area (Å²) in [6.45, 7) is 4.77. The lowest BCUT2D eigenvalue weighted by molar-refractivity contribution is -0.134. The van der Waals surface area contributed by atoms with Crippen molar-refractivity contribution in [3.8, 4) is 11.5 Å². The van der Waals surface area contributed by atoms with Gasteiger partial charge >= 0.3 is 5.97 Å². The highest BCUT2D eigenvalue weighted by Crippen LogP contribution is 2.20. The number of ether oxygens (including phenoxy) is 2. The fourth-order valence-corrected chi connectivity index (χ4v) is 2.61. The second-order valence-corrected chi connectivity index (χ2v) is 6.33. The van der Waals surface area contributed by atoms with Crippen LogP contribution >= 0.6 is 0 Å². The van der Waals surface area contributed by atoms with Gasteiger partial charge in [0.25, 0.3) is 0 Å². The largest absolute Gasteiger partial charge is 0.493 e. The van der Waals surface area contributed by atoms with E-state index in [2.05, 4.69) is 6.92 Å². The van der Waals surface area contributed by atoms with Crippen LogP contribution < -0.4 is 9.47 Å². The lowest BCUT2D eigenvalue weighted by Gasteiger charge is -2.08. The maximum absolute atomic E-state index is 11.3. The summed E-state index contributed by atoms with van der Waals surface area (Å²) in [4.78, 5) is 11.3. The normalized spacial score (nSPS) is 10.6. The summed E-state index contributed by atoms with van der Waals surface area (Å²) in [5.41, 5.74) is 0. The van der Waals surface area contributed by atoms with Gasteiger partial charge in [0, 0.05) is 12.5 Å². The summed E-state index contributed by atoms with van der Waals surface area (Å²) in [6.07, 6.45) is 13.6. The van der Waals surface area contributed by atoms with E-state index in [9.17, 15) is 4.79 Å². The molecule has 1 aromatic rings. The monoisotopic (exact) mass is 334 g/mol. The molecule has 0 aromatic heterocycles. The van der Waals surface area contributed by atoms with E-state index in [4.69, 9.17) is 9.47 Å². The van der Waals surface area contributed by atoms with Crippen molar-refractivity contribution in [2.75, 3.05) is 6.61 Å². The minimum Gasteiger partial charge on any atom is -0.493 e. The molecule has 136 valence electrons. The Bertz CT molecular complexity index is 442. The predicted molar refractivity (Wildman–Crippen MR) is 99.7 cm³/mol. The topological polar surface area (TPSA) is 35.5 Å². The molecule has 0 spiro atoms. The van der Waals surface area contributed by atoms with Gasteiger partial charge in [0.05, 0.1) is 6.61 Å². The number of carbonyl (C=O) groups excluding carboxylic acids is 1. The van der Waals surface area contributed by atoms with Crippen LogP contribution in [0.5, 0.6) is 11.5 Å². The first-order valence-corrected chi connectivity index (χ1v) is 9.69. The number of hydrogen-bond donors (Lipinski definition) is 0. The highest BCUT2D eigenvalue weighted by Gasteiger charge is 2.03.